The summed E-state index contributed by atoms with van der Waals surface area (Å²) in [7, 11) is 1.96. The molecule has 0 spiro atoms. The summed E-state index contributed by atoms with van der Waals surface area (Å²) in [4.78, 5) is 14.4. The van der Waals surface area contributed by atoms with E-state index in [1.807, 2.05) is 14.0 Å². The molecule has 0 bridgehead atoms. The molecule has 3 nitrogen and oxygen atoms in total. The second kappa shape index (κ2) is 7.31. The Morgan fingerprint density at radius 2 is 1.80 bits per heavy atom. The Morgan fingerprint density at radius 3 is 2.36 bits per heavy atom. The van der Waals surface area contributed by atoms with Crippen molar-refractivity contribution in [3.8, 4) is 11.1 Å². The first-order valence-corrected chi connectivity index (χ1v) is 8.52. The predicted octanol–water partition coefficient (Wildman–Crippen LogP) is 3.90. The maximum atomic E-state index is 13.9. The number of nitrogens with zero attached hydrogens (tertiary/aromatic N) is 1. The van der Waals surface area contributed by atoms with Crippen molar-refractivity contribution in [1.29, 1.82) is 0 Å². The molecule has 0 aromatic heterocycles. The molecule has 3 rings (SSSR count). The molecule has 2 atom stereocenters. The molecule has 0 aliphatic carbocycles. The summed E-state index contributed by atoms with van der Waals surface area (Å²) in [5.41, 5.74) is 1.35. The molecule has 1 aliphatic rings. The number of likely N-dealkylation sites (N-methyl/N-ethyl adjacent to an activating group) is 1. The van der Waals surface area contributed by atoms with Crippen LogP contribution in [0.3, 0.4) is 0 Å². The zero-order valence-electron chi connectivity index (χ0n) is 14.4. The van der Waals surface area contributed by atoms with Gasteiger partial charge in [-0.25, -0.2) is 8.78 Å². The molecule has 1 N–H and O–H groups in total. The number of halogens is 2. The first kappa shape index (κ1) is 17.5. The highest BCUT2D eigenvalue weighted by atomic mass is 19.1. The maximum Gasteiger partial charge on any atom is 0.237 e. The van der Waals surface area contributed by atoms with Gasteiger partial charge in [0.05, 0.1) is 17.6 Å². The van der Waals surface area contributed by atoms with Crippen molar-refractivity contribution in [2.24, 2.45) is 0 Å². The number of amides is 1. The second-order valence-electron chi connectivity index (χ2n) is 6.59. The van der Waals surface area contributed by atoms with Crippen LogP contribution in [0, 0.1) is 11.6 Å². The average Bonchev–Trinajstić information content (AvgIpc) is 3.01. The number of hydrogen-bond acceptors (Lipinski definition) is 2. The van der Waals surface area contributed by atoms with E-state index >= 15 is 0 Å². The normalized spacial score (nSPS) is 19.0. The summed E-state index contributed by atoms with van der Waals surface area (Å²) in [5.74, 6) is -1.14. The van der Waals surface area contributed by atoms with Crippen LogP contribution < -0.4 is 5.32 Å². The molecule has 5 heteroatoms. The monoisotopic (exact) mass is 344 g/mol. The van der Waals surface area contributed by atoms with Crippen molar-refractivity contribution >= 4 is 5.91 Å². The van der Waals surface area contributed by atoms with E-state index in [9.17, 15) is 13.6 Å². The van der Waals surface area contributed by atoms with Gasteiger partial charge in [-0.3, -0.25) is 9.69 Å². The van der Waals surface area contributed by atoms with Crippen LogP contribution in [-0.2, 0) is 4.79 Å². The molecule has 2 aromatic carbocycles. The SMILES string of the molecule is CC(NC(=O)C1CCCN1C)c1ccc(-c2c(F)cccc2F)cc1. The van der Waals surface area contributed by atoms with E-state index in [1.54, 1.807) is 24.3 Å². The molecule has 1 aliphatic heterocycles. The lowest BCUT2D eigenvalue weighted by Crippen LogP contribution is -2.42. The van der Waals surface area contributed by atoms with E-state index in [0.717, 1.165) is 24.9 Å². The molecule has 132 valence electrons. The van der Waals surface area contributed by atoms with Crippen molar-refractivity contribution in [2.45, 2.75) is 31.8 Å². The summed E-state index contributed by atoms with van der Waals surface area (Å²) in [6, 6.07) is 10.5. The van der Waals surface area contributed by atoms with Gasteiger partial charge in [-0.2, -0.15) is 0 Å². The molecule has 0 saturated carbocycles. The van der Waals surface area contributed by atoms with Crippen molar-refractivity contribution < 1.29 is 13.6 Å². The van der Waals surface area contributed by atoms with Gasteiger partial charge in [-0.05, 0) is 56.6 Å². The van der Waals surface area contributed by atoms with E-state index < -0.39 is 11.6 Å². The highest BCUT2D eigenvalue weighted by Crippen LogP contribution is 2.27. The first-order valence-electron chi connectivity index (χ1n) is 8.52. The molecule has 25 heavy (non-hydrogen) atoms. The third-order valence-corrected chi connectivity index (χ3v) is 4.84. The summed E-state index contributed by atoms with van der Waals surface area (Å²) in [6.07, 6.45) is 1.91. The Bertz CT molecular complexity index is 741. The quantitative estimate of drug-likeness (QED) is 0.912. The fourth-order valence-electron chi connectivity index (χ4n) is 3.35. The van der Waals surface area contributed by atoms with Crippen molar-refractivity contribution in [1.82, 2.24) is 10.2 Å². The molecule has 1 heterocycles. The van der Waals surface area contributed by atoms with Gasteiger partial charge in [-0.15, -0.1) is 0 Å². The van der Waals surface area contributed by atoms with E-state index in [4.69, 9.17) is 0 Å². The summed E-state index contributed by atoms with van der Waals surface area (Å²) in [6.45, 7) is 2.85. The minimum Gasteiger partial charge on any atom is -0.348 e. The van der Waals surface area contributed by atoms with E-state index in [1.165, 1.54) is 18.2 Å². The number of nitrogens with one attached hydrogen (secondary N) is 1. The van der Waals surface area contributed by atoms with Crippen molar-refractivity contribution in [3.05, 3.63) is 59.7 Å². The van der Waals surface area contributed by atoms with Gasteiger partial charge in [0.25, 0.3) is 0 Å². The fraction of sp³-hybridized carbons (Fsp3) is 0.350. The number of carbonyl (C=O) groups excluding carboxylic acids is 1. The molecule has 1 saturated heterocycles. The zero-order valence-corrected chi connectivity index (χ0v) is 14.4. The minimum absolute atomic E-state index is 0.0247. The van der Waals surface area contributed by atoms with Crippen LogP contribution in [0.4, 0.5) is 8.78 Å². The van der Waals surface area contributed by atoms with Crippen LogP contribution in [0.15, 0.2) is 42.5 Å². The Labute approximate surface area is 146 Å². The summed E-state index contributed by atoms with van der Waals surface area (Å²) < 4.78 is 27.8. The lowest BCUT2D eigenvalue weighted by atomic mass is 10.0. The molecular formula is C20H22F2N2O. The van der Waals surface area contributed by atoms with Crippen molar-refractivity contribution in [3.63, 3.8) is 0 Å². The van der Waals surface area contributed by atoms with Gasteiger partial charge in [-0.1, -0.05) is 30.3 Å². The van der Waals surface area contributed by atoms with Crippen LogP contribution in [0.5, 0.6) is 0 Å². The van der Waals surface area contributed by atoms with Crippen LogP contribution in [0.2, 0.25) is 0 Å². The highest BCUT2D eigenvalue weighted by Gasteiger charge is 2.28. The number of likely N-dealkylation sites (tertiary alicyclic amines) is 1. The van der Waals surface area contributed by atoms with Crippen molar-refractivity contribution in [2.75, 3.05) is 13.6 Å². The third kappa shape index (κ3) is 3.71. The van der Waals surface area contributed by atoms with Crippen LogP contribution in [-0.4, -0.2) is 30.4 Å². The lowest BCUT2D eigenvalue weighted by Gasteiger charge is -2.22. The number of hydrogen-bond donors (Lipinski definition) is 1. The first-order chi connectivity index (χ1) is 12.0. The maximum absolute atomic E-state index is 13.9. The Morgan fingerprint density at radius 1 is 1.16 bits per heavy atom. The summed E-state index contributed by atoms with van der Waals surface area (Å²) >= 11 is 0. The molecule has 1 amide bonds. The number of benzene rings is 2. The molecular weight excluding hydrogens is 322 g/mol. The molecule has 1 fully saturated rings. The lowest BCUT2D eigenvalue weighted by molar-refractivity contribution is -0.125. The highest BCUT2D eigenvalue weighted by molar-refractivity contribution is 5.82. The van der Waals surface area contributed by atoms with Crippen LogP contribution in [0.25, 0.3) is 11.1 Å². The second-order valence-corrected chi connectivity index (χ2v) is 6.59. The predicted molar refractivity (Wildman–Crippen MR) is 94.0 cm³/mol. The Kier molecular flexibility index (Phi) is 5.13. The topological polar surface area (TPSA) is 32.3 Å². The fourth-order valence-corrected chi connectivity index (χ4v) is 3.35. The van der Waals surface area contributed by atoms with Gasteiger partial charge in [0.2, 0.25) is 5.91 Å². The smallest absolute Gasteiger partial charge is 0.237 e. The van der Waals surface area contributed by atoms with Gasteiger partial charge < -0.3 is 5.32 Å². The van der Waals surface area contributed by atoms with Crippen LogP contribution in [0.1, 0.15) is 31.4 Å². The summed E-state index contributed by atoms with van der Waals surface area (Å²) in [5, 5.41) is 3.02. The van der Waals surface area contributed by atoms with E-state index in [2.05, 4.69) is 10.2 Å². The Hall–Kier alpha value is -2.27. The molecule has 0 radical (unpaired) electrons. The number of rotatable bonds is 4. The van der Waals surface area contributed by atoms with Gasteiger partial charge >= 0.3 is 0 Å². The third-order valence-electron chi connectivity index (χ3n) is 4.84. The minimum atomic E-state index is -0.585. The molecule has 2 unspecified atom stereocenters. The number of carbonyl (C=O) groups is 1. The zero-order chi connectivity index (χ0) is 18.0. The van der Waals surface area contributed by atoms with Gasteiger partial charge in [0, 0.05) is 0 Å². The van der Waals surface area contributed by atoms with Gasteiger partial charge in [0.1, 0.15) is 11.6 Å². The van der Waals surface area contributed by atoms with Crippen LogP contribution >= 0.6 is 0 Å². The average molecular weight is 344 g/mol. The molecule has 2 aromatic rings. The standard InChI is InChI=1S/C20H22F2N2O/c1-13(23-20(25)18-7-4-12-24(18)2)14-8-10-15(11-9-14)19-16(21)5-3-6-17(19)22/h3,5-6,8-11,13,18H,4,7,12H2,1-2H3,(H,23,25). The van der Waals surface area contributed by atoms with Gasteiger partial charge in [0.15, 0.2) is 0 Å². The largest absolute Gasteiger partial charge is 0.348 e. The van der Waals surface area contributed by atoms with E-state index in [0.29, 0.717) is 5.56 Å². The Balaban J connectivity index is 1.72. The van der Waals surface area contributed by atoms with E-state index in [-0.39, 0.29) is 23.6 Å².